The second kappa shape index (κ2) is 8.93. The second-order valence-electron chi connectivity index (χ2n) is 6.04. The minimum absolute atomic E-state index is 0.208. The third kappa shape index (κ3) is 5.60. The van der Waals surface area contributed by atoms with E-state index in [2.05, 4.69) is 5.32 Å². The number of nitrogens with one attached hydrogen (secondary N) is 1. The number of nitrogens with zero attached hydrogens (tertiary/aromatic N) is 1. The SMILES string of the molecule is CNC(=O)c1ccc(CN(C)C(=O)/C=C/c2ccc(Cl)c(C(F)(F)F)c2)cc1. The van der Waals surface area contributed by atoms with Gasteiger partial charge in [0.05, 0.1) is 10.6 Å². The lowest BCUT2D eigenvalue weighted by Gasteiger charge is -2.15. The average Bonchev–Trinajstić information content (AvgIpc) is 2.66. The first-order valence-electron chi connectivity index (χ1n) is 8.22. The van der Waals surface area contributed by atoms with Crippen molar-refractivity contribution in [2.75, 3.05) is 14.1 Å². The van der Waals surface area contributed by atoms with Gasteiger partial charge < -0.3 is 10.2 Å². The molecule has 0 fully saturated rings. The van der Waals surface area contributed by atoms with Crippen LogP contribution in [-0.2, 0) is 17.5 Å². The van der Waals surface area contributed by atoms with Gasteiger partial charge in [-0.2, -0.15) is 13.2 Å². The number of rotatable bonds is 5. The van der Waals surface area contributed by atoms with Gasteiger partial charge in [0.2, 0.25) is 5.91 Å². The zero-order valence-electron chi connectivity index (χ0n) is 15.2. The quantitative estimate of drug-likeness (QED) is 0.743. The van der Waals surface area contributed by atoms with E-state index in [1.807, 2.05) is 0 Å². The molecular formula is C20H18ClF3N2O2. The maximum absolute atomic E-state index is 12.9. The number of carbonyl (C=O) groups is 2. The molecule has 148 valence electrons. The largest absolute Gasteiger partial charge is 0.417 e. The fraction of sp³-hybridized carbons (Fsp3) is 0.200. The summed E-state index contributed by atoms with van der Waals surface area (Å²) in [6, 6.07) is 10.2. The Morgan fingerprint density at radius 2 is 1.79 bits per heavy atom. The number of amides is 2. The summed E-state index contributed by atoms with van der Waals surface area (Å²) in [6.45, 7) is 0.283. The number of benzene rings is 2. The molecule has 0 spiro atoms. The molecule has 0 unspecified atom stereocenters. The van der Waals surface area contributed by atoms with Crippen molar-refractivity contribution in [3.8, 4) is 0 Å². The molecule has 0 aliphatic rings. The van der Waals surface area contributed by atoms with E-state index in [9.17, 15) is 22.8 Å². The van der Waals surface area contributed by atoms with Gasteiger partial charge in [-0.15, -0.1) is 0 Å². The summed E-state index contributed by atoms with van der Waals surface area (Å²) >= 11 is 5.58. The van der Waals surface area contributed by atoms with Crippen LogP contribution in [0.5, 0.6) is 0 Å². The molecule has 0 heterocycles. The Bertz CT molecular complexity index is 893. The second-order valence-corrected chi connectivity index (χ2v) is 6.45. The van der Waals surface area contributed by atoms with E-state index in [1.165, 1.54) is 30.2 Å². The van der Waals surface area contributed by atoms with Gasteiger partial charge in [0, 0.05) is 32.3 Å². The fourth-order valence-corrected chi connectivity index (χ4v) is 2.64. The van der Waals surface area contributed by atoms with Crippen LogP contribution in [0.2, 0.25) is 5.02 Å². The van der Waals surface area contributed by atoms with Gasteiger partial charge in [-0.1, -0.05) is 29.8 Å². The standard InChI is InChI=1S/C20H18ClF3N2O2/c1-25-19(28)15-7-3-14(4-8-15)12-26(2)18(27)10-6-13-5-9-17(21)16(11-13)20(22,23)24/h3-11H,12H2,1-2H3,(H,25,28)/b10-6+. The van der Waals surface area contributed by atoms with Crippen molar-refractivity contribution < 1.29 is 22.8 Å². The zero-order chi connectivity index (χ0) is 20.9. The van der Waals surface area contributed by atoms with Crippen molar-refractivity contribution in [1.29, 1.82) is 0 Å². The predicted molar refractivity (Wildman–Crippen MR) is 102 cm³/mol. The molecule has 1 N–H and O–H groups in total. The maximum atomic E-state index is 12.9. The lowest BCUT2D eigenvalue weighted by atomic mass is 10.1. The number of likely N-dealkylation sites (N-methyl/N-ethyl adjacent to an activating group) is 1. The van der Waals surface area contributed by atoms with Gasteiger partial charge in [-0.05, 0) is 41.5 Å². The first kappa shape index (κ1) is 21.5. The highest BCUT2D eigenvalue weighted by Gasteiger charge is 2.33. The Kier molecular flexibility index (Phi) is 6.85. The first-order chi connectivity index (χ1) is 13.1. The Hall–Kier alpha value is -2.80. The Balaban J connectivity index is 2.05. The van der Waals surface area contributed by atoms with Crippen LogP contribution in [0, 0.1) is 0 Å². The number of alkyl halides is 3. The Morgan fingerprint density at radius 3 is 2.36 bits per heavy atom. The van der Waals surface area contributed by atoms with Gasteiger partial charge in [-0.3, -0.25) is 9.59 Å². The highest BCUT2D eigenvalue weighted by molar-refractivity contribution is 6.31. The summed E-state index contributed by atoms with van der Waals surface area (Å²) in [4.78, 5) is 25.1. The van der Waals surface area contributed by atoms with Crippen LogP contribution in [0.25, 0.3) is 6.08 Å². The van der Waals surface area contributed by atoms with Crippen LogP contribution < -0.4 is 5.32 Å². The van der Waals surface area contributed by atoms with Crippen molar-refractivity contribution in [2.24, 2.45) is 0 Å². The minimum atomic E-state index is -4.57. The molecule has 2 rings (SSSR count). The van der Waals surface area contributed by atoms with Gasteiger partial charge in [0.1, 0.15) is 0 Å². The summed E-state index contributed by atoms with van der Waals surface area (Å²) in [5.74, 6) is -0.584. The smallest absolute Gasteiger partial charge is 0.355 e. The topological polar surface area (TPSA) is 49.4 Å². The van der Waals surface area contributed by atoms with Crippen molar-refractivity contribution >= 4 is 29.5 Å². The molecule has 2 amide bonds. The number of hydrogen-bond donors (Lipinski definition) is 1. The molecule has 4 nitrogen and oxygen atoms in total. The molecule has 0 saturated heterocycles. The van der Waals surface area contributed by atoms with E-state index in [1.54, 1.807) is 31.3 Å². The normalized spacial score (nSPS) is 11.5. The Morgan fingerprint density at radius 1 is 1.14 bits per heavy atom. The van der Waals surface area contributed by atoms with Crippen LogP contribution in [0.15, 0.2) is 48.5 Å². The van der Waals surface area contributed by atoms with Gasteiger partial charge >= 0.3 is 6.18 Å². The minimum Gasteiger partial charge on any atom is -0.355 e. The number of halogens is 4. The summed E-state index contributed by atoms with van der Waals surface area (Å²) in [6.07, 6.45) is -2.07. The summed E-state index contributed by atoms with van der Waals surface area (Å²) in [5, 5.41) is 2.12. The van der Waals surface area contributed by atoms with Crippen molar-refractivity contribution in [3.63, 3.8) is 0 Å². The van der Waals surface area contributed by atoms with Gasteiger partial charge in [0.25, 0.3) is 5.91 Å². The zero-order valence-corrected chi connectivity index (χ0v) is 15.9. The molecule has 0 radical (unpaired) electrons. The third-order valence-electron chi connectivity index (χ3n) is 3.95. The lowest BCUT2D eigenvalue weighted by Crippen LogP contribution is -2.24. The molecule has 2 aromatic carbocycles. The molecule has 0 saturated carbocycles. The van der Waals surface area contributed by atoms with Crippen molar-refractivity contribution in [1.82, 2.24) is 10.2 Å². The molecular weight excluding hydrogens is 393 g/mol. The van der Waals surface area contributed by atoms with Crippen LogP contribution in [0.3, 0.4) is 0 Å². The average molecular weight is 411 g/mol. The van der Waals surface area contributed by atoms with E-state index in [0.29, 0.717) is 5.56 Å². The summed E-state index contributed by atoms with van der Waals surface area (Å²) in [7, 11) is 3.11. The van der Waals surface area contributed by atoms with Crippen LogP contribution >= 0.6 is 11.6 Å². The monoisotopic (exact) mass is 410 g/mol. The highest BCUT2D eigenvalue weighted by Crippen LogP contribution is 2.35. The van der Waals surface area contributed by atoms with E-state index in [4.69, 9.17) is 11.6 Å². The molecule has 8 heteroatoms. The Labute approximate surface area is 165 Å². The van der Waals surface area contributed by atoms with Crippen molar-refractivity contribution in [3.05, 3.63) is 75.8 Å². The van der Waals surface area contributed by atoms with Crippen LogP contribution in [-0.4, -0.2) is 30.8 Å². The molecule has 0 aromatic heterocycles. The molecule has 0 atom stereocenters. The van der Waals surface area contributed by atoms with Crippen LogP contribution in [0.4, 0.5) is 13.2 Å². The summed E-state index contributed by atoms with van der Waals surface area (Å²) in [5.41, 5.74) is 0.577. The maximum Gasteiger partial charge on any atom is 0.417 e. The van der Waals surface area contributed by atoms with Crippen LogP contribution in [0.1, 0.15) is 27.0 Å². The third-order valence-corrected chi connectivity index (χ3v) is 4.28. The van der Waals surface area contributed by atoms with Gasteiger partial charge in [0.15, 0.2) is 0 Å². The molecule has 0 aliphatic heterocycles. The van der Waals surface area contributed by atoms with Crippen molar-refractivity contribution in [2.45, 2.75) is 12.7 Å². The lowest BCUT2D eigenvalue weighted by molar-refractivity contribution is -0.137. The van der Waals surface area contributed by atoms with E-state index in [0.717, 1.165) is 17.7 Å². The molecule has 0 bridgehead atoms. The number of carbonyl (C=O) groups excluding carboxylic acids is 2. The summed E-state index contributed by atoms with van der Waals surface area (Å²) < 4.78 is 38.7. The predicted octanol–water partition coefficient (Wildman–Crippen LogP) is 4.39. The highest BCUT2D eigenvalue weighted by atomic mass is 35.5. The van der Waals surface area contributed by atoms with E-state index in [-0.39, 0.29) is 23.9 Å². The van der Waals surface area contributed by atoms with E-state index < -0.39 is 16.8 Å². The molecule has 2 aromatic rings. The number of hydrogen-bond acceptors (Lipinski definition) is 2. The molecule has 0 aliphatic carbocycles. The fourth-order valence-electron chi connectivity index (χ4n) is 2.42. The van der Waals surface area contributed by atoms with E-state index >= 15 is 0 Å². The molecule has 28 heavy (non-hydrogen) atoms. The van der Waals surface area contributed by atoms with Gasteiger partial charge in [-0.25, -0.2) is 0 Å². The first-order valence-corrected chi connectivity index (χ1v) is 8.60.